The Morgan fingerprint density at radius 1 is 0.966 bits per heavy atom. The van der Waals surface area contributed by atoms with E-state index in [9.17, 15) is 8.78 Å². The lowest BCUT2D eigenvalue weighted by molar-refractivity contribution is 0.246. The van der Waals surface area contributed by atoms with Crippen LogP contribution < -0.4 is 0 Å². The lowest BCUT2D eigenvalue weighted by atomic mass is 9.74. The zero-order valence-electron chi connectivity index (χ0n) is 17.6. The standard InChI is InChI=1S/C26H35F2N/c27-17-3-1-2-4-20-5-7-21(8-6-20)9-10-22-11-13-23(14-12-22)24-15-16-25(19-29)26(28)18-24/h2,4,15-16,18,20-23H,1,3,5-14,17H2/t20-,21-,22-,23-. The molecule has 0 spiro atoms. The number of hydrogen-bond donors (Lipinski definition) is 0. The van der Waals surface area contributed by atoms with Gasteiger partial charge in [0.2, 0.25) is 0 Å². The van der Waals surface area contributed by atoms with Crippen LogP contribution in [0.3, 0.4) is 0 Å². The molecule has 0 bridgehead atoms. The van der Waals surface area contributed by atoms with E-state index in [-0.39, 0.29) is 18.1 Å². The second-order valence-electron chi connectivity index (χ2n) is 9.19. The van der Waals surface area contributed by atoms with Gasteiger partial charge in [-0.3, -0.25) is 4.39 Å². The number of rotatable bonds is 8. The highest BCUT2D eigenvalue weighted by Gasteiger charge is 2.25. The second kappa shape index (κ2) is 11.5. The lowest BCUT2D eigenvalue weighted by Gasteiger charge is -2.31. The summed E-state index contributed by atoms with van der Waals surface area (Å²) < 4.78 is 26.0. The van der Waals surface area contributed by atoms with Gasteiger partial charge in [0.1, 0.15) is 11.9 Å². The monoisotopic (exact) mass is 399 g/mol. The van der Waals surface area contributed by atoms with Gasteiger partial charge in [-0.1, -0.05) is 31.1 Å². The molecule has 158 valence electrons. The molecule has 1 aromatic rings. The predicted octanol–water partition coefficient (Wildman–Crippen LogP) is 7.86. The van der Waals surface area contributed by atoms with E-state index in [1.54, 1.807) is 12.1 Å². The highest BCUT2D eigenvalue weighted by atomic mass is 19.1. The molecule has 2 fully saturated rings. The van der Waals surface area contributed by atoms with E-state index in [1.807, 2.05) is 12.1 Å². The van der Waals surface area contributed by atoms with Gasteiger partial charge in [0.05, 0.1) is 12.2 Å². The summed E-state index contributed by atoms with van der Waals surface area (Å²) in [6.45, 7) is -0.205. The van der Waals surface area contributed by atoms with Crippen LogP contribution in [0.4, 0.5) is 8.78 Å². The maximum atomic E-state index is 13.9. The average molecular weight is 400 g/mol. The first kappa shape index (κ1) is 22.0. The van der Waals surface area contributed by atoms with Gasteiger partial charge in [-0.25, -0.2) is 4.39 Å². The topological polar surface area (TPSA) is 23.8 Å². The first-order valence-electron chi connectivity index (χ1n) is 11.6. The van der Waals surface area contributed by atoms with E-state index in [4.69, 9.17) is 5.26 Å². The van der Waals surface area contributed by atoms with Crippen LogP contribution in [0.5, 0.6) is 0 Å². The Morgan fingerprint density at radius 3 is 2.21 bits per heavy atom. The van der Waals surface area contributed by atoms with Gasteiger partial charge in [0.15, 0.2) is 0 Å². The molecule has 0 N–H and O–H groups in total. The first-order chi connectivity index (χ1) is 14.2. The van der Waals surface area contributed by atoms with E-state index in [2.05, 4.69) is 12.2 Å². The van der Waals surface area contributed by atoms with Crippen LogP contribution in [0.15, 0.2) is 30.4 Å². The Labute approximate surface area is 175 Å². The molecule has 0 unspecified atom stereocenters. The fourth-order valence-corrected chi connectivity index (χ4v) is 5.28. The third-order valence-electron chi connectivity index (χ3n) is 7.22. The molecule has 2 aliphatic rings. The van der Waals surface area contributed by atoms with Crippen LogP contribution >= 0.6 is 0 Å². The average Bonchev–Trinajstić information content (AvgIpc) is 2.76. The summed E-state index contributed by atoms with van der Waals surface area (Å²) in [5, 5.41) is 8.89. The number of benzene rings is 1. The van der Waals surface area contributed by atoms with Crippen LogP contribution in [0.25, 0.3) is 0 Å². The Morgan fingerprint density at radius 2 is 1.62 bits per heavy atom. The lowest BCUT2D eigenvalue weighted by Crippen LogP contribution is -2.17. The van der Waals surface area contributed by atoms with Crippen LogP contribution in [0.2, 0.25) is 0 Å². The van der Waals surface area contributed by atoms with Crippen molar-refractivity contribution in [1.82, 2.24) is 0 Å². The van der Waals surface area contributed by atoms with Crippen molar-refractivity contribution >= 4 is 0 Å². The predicted molar refractivity (Wildman–Crippen MR) is 115 cm³/mol. The largest absolute Gasteiger partial charge is 0.251 e. The van der Waals surface area contributed by atoms with Gasteiger partial charge in [0, 0.05) is 0 Å². The van der Waals surface area contributed by atoms with Crippen molar-refractivity contribution in [1.29, 1.82) is 5.26 Å². The van der Waals surface area contributed by atoms with Gasteiger partial charge in [0.25, 0.3) is 0 Å². The molecule has 2 saturated carbocycles. The smallest absolute Gasteiger partial charge is 0.141 e. The summed E-state index contributed by atoms with van der Waals surface area (Å²) in [5.41, 5.74) is 1.21. The quantitative estimate of drug-likeness (QED) is 0.322. The molecule has 0 amide bonds. The minimum atomic E-state index is -0.375. The van der Waals surface area contributed by atoms with E-state index in [0.29, 0.717) is 18.3 Å². The van der Waals surface area contributed by atoms with E-state index in [1.165, 1.54) is 51.4 Å². The zero-order chi connectivity index (χ0) is 20.5. The third kappa shape index (κ3) is 6.66. The molecule has 3 rings (SSSR count). The molecule has 1 nitrogen and oxygen atoms in total. The van der Waals surface area contributed by atoms with Crippen LogP contribution in [0, 0.1) is 34.9 Å². The highest BCUT2D eigenvalue weighted by Crippen LogP contribution is 2.40. The van der Waals surface area contributed by atoms with Gasteiger partial charge in [-0.2, -0.15) is 5.26 Å². The Bertz CT molecular complexity index is 689. The maximum Gasteiger partial charge on any atom is 0.141 e. The van der Waals surface area contributed by atoms with Crippen molar-refractivity contribution in [3.05, 3.63) is 47.3 Å². The molecular weight excluding hydrogens is 364 g/mol. The summed E-state index contributed by atoms with van der Waals surface area (Å²) in [7, 11) is 0. The Kier molecular flexibility index (Phi) is 8.71. The van der Waals surface area contributed by atoms with Gasteiger partial charge >= 0.3 is 0 Å². The molecule has 0 aliphatic heterocycles. The van der Waals surface area contributed by atoms with E-state index in [0.717, 1.165) is 36.7 Å². The third-order valence-corrected chi connectivity index (χ3v) is 7.22. The van der Waals surface area contributed by atoms with Gasteiger partial charge in [-0.15, -0.1) is 0 Å². The fraction of sp³-hybridized carbons (Fsp3) is 0.654. The minimum absolute atomic E-state index is 0.146. The molecule has 0 heterocycles. The number of hydrogen-bond acceptors (Lipinski definition) is 1. The molecule has 0 saturated heterocycles. The van der Waals surface area contributed by atoms with E-state index < -0.39 is 0 Å². The number of alkyl halides is 1. The van der Waals surface area contributed by atoms with Gasteiger partial charge < -0.3 is 0 Å². The SMILES string of the molecule is N#Cc1ccc([C@H]2CC[C@H](CC[C@H]3CC[C@H](C=CCCCF)CC3)CC2)cc1F. The summed E-state index contributed by atoms with van der Waals surface area (Å²) in [4.78, 5) is 0. The zero-order valence-corrected chi connectivity index (χ0v) is 17.6. The fourth-order valence-electron chi connectivity index (χ4n) is 5.28. The van der Waals surface area contributed by atoms with Crippen molar-refractivity contribution in [3.63, 3.8) is 0 Å². The second-order valence-corrected chi connectivity index (χ2v) is 9.19. The first-order valence-corrected chi connectivity index (χ1v) is 11.6. The molecular formula is C26H35F2N. The van der Waals surface area contributed by atoms with Gasteiger partial charge in [-0.05, 0) is 106 Å². The van der Waals surface area contributed by atoms with Crippen molar-refractivity contribution in [2.24, 2.45) is 17.8 Å². The van der Waals surface area contributed by atoms with Crippen molar-refractivity contribution in [2.75, 3.05) is 6.67 Å². The Hall–Kier alpha value is -1.69. The minimum Gasteiger partial charge on any atom is -0.251 e. The normalized spacial score (nSPS) is 27.8. The van der Waals surface area contributed by atoms with Crippen molar-refractivity contribution in [2.45, 2.75) is 83.0 Å². The number of halogens is 2. The number of nitriles is 1. The number of unbranched alkanes of at least 4 members (excludes halogenated alkanes) is 1. The molecule has 0 radical (unpaired) electrons. The molecule has 3 heteroatoms. The molecule has 0 aromatic heterocycles. The van der Waals surface area contributed by atoms with Crippen LogP contribution in [0.1, 0.15) is 94.1 Å². The van der Waals surface area contributed by atoms with Crippen molar-refractivity contribution in [3.8, 4) is 6.07 Å². The maximum absolute atomic E-state index is 13.9. The Balaban J connectivity index is 1.34. The van der Waals surface area contributed by atoms with Crippen LogP contribution in [-0.4, -0.2) is 6.67 Å². The molecule has 29 heavy (non-hydrogen) atoms. The van der Waals surface area contributed by atoms with Crippen molar-refractivity contribution < 1.29 is 8.78 Å². The summed E-state index contributed by atoms with van der Waals surface area (Å²) in [5.74, 6) is 2.51. The highest BCUT2D eigenvalue weighted by molar-refractivity contribution is 5.34. The summed E-state index contributed by atoms with van der Waals surface area (Å²) in [6.07, 6.45) is 18.8. The summed E-state index contributed by atoms with van der Waals surface area (Å²) >= 11 is 0. The number of nitrogens with zero attached hydrogens (tertiary/aromatic N) is 1. The molecule has 0 atom stereocenters. The van der Waals surface area contributed by atoms with E-state index >= 15 is 0 Å². The summed E-state index contributed by atoms with van der Waals surface area (Å²) in [6, 6.07) is 7.05. The van der Waals surface area contributed by atoms with Crippen LogP contribution in [-0.2, 0) is 0 Å². The number of allylic oxidation sites excluding steroid dienone is 2. The molecule has 1 aromatic carbocycles. The molecule has 2 aliphatic carbocycles.